The highest BCUT2D eigenvalue weighted by Crippen LogP contribution is 2.37. The molecule has 0 amide bonds. The summed E-state index contributed by atoms with van der Waals surface area (Å²) in [5.41, 5.74) is 0. The standard InChI is InChI=1S/C16H16Cl4F3NO3/c17-12-8-11(25-7-4-14(19)20)9-13(18)15(12)26-6-3-1-2-5-24-27-10-16(21,22)23/h4-5,8-9H,1-3,6-7,10H2. The van der Waals surface area contributed by atoms with Gasteiger partial charge in [-0.1, -0.05) is 51.6 Å². The van der Waals surface area contributed by atoms with Gasteiger partial charge in [-0.15, -0.1) is 0 Å². The molecule has 0 fully saturated rings. The molecule has 0 saturated carbocycles. The summed E-state index contributed by atoms with van der Waals surface area (Å²) in [7, 11) is 0. The van der Waals surface area contributed by atoms with E-state index in [9.17, 15) is 13.2 Å². The van der Waals surface area contributed by atoms with Crippen LogP contribution in [0.15, 0.2) is 27.9 Å². The Morgan fingerprint density at radius 2 is 1.74 bits per heavy atom. The molecule has 1 aromatic rings. The Morgan fingerprint density at radius 3 is 2.33 bits per heavy atom. The molecule has 0 saturated heterocycles. The molecule has 0 spiro atoms. The number of ether oxygens (including phenoxy) is 2. The fraction of sp³-hybridized carbons (Fsp3) is 0.438. The van der Waals surface area contributed by atoms with Crippen molar-refractivity contribution in [1.29, 1.82) is 0 Å². The van der Waals surface area contributed by atoms with Gasteiger partial charge in [0.1, 0.15) is 16.8 Å². The Hall–Kier alpha value is -1.02. The van der Waals surface area contributed by atoms with Crippen LogP contribution >= 0.6 is 46.4 Å². The average molecular weight is 469 g/mol. The molecular formula is C16H16Cl4F3NO3. The minimum absolute atomic E-state index is 0.0871. The van der Waals surface area contributed by atoms with E-state index >= 15 is 0 Å². The predicted octanol–water partition coefficient (Wildman–Crippen LogP) is 6.81. The smallest absolute Gasteiger partial charge is 0.425 e. The molecule has 1 aromatic carbocycles. The lowest BCUT2D eigenvalue weighted by Gasteiger charge is -2.12. The molecule has 1 rings (SSSR count). The maximum atomic E-state index is 11.8. The number of hydrogen-bond donors (Lipinski definition) is 0. The fourth-order valence-electron chi connectivity index (χ4n) is 1.69. The van der Waals surface area contributed by atoms with E-state index < -0.39 is 12.8 Å². The second-order valence-electron chi connectivity index (χ2n) is 5.04. The summed E-state index contributed by atoms with van der Waals surface area (Å²) in [4.78, 5) is 4.11. The van der Waals surface area contributed by atoms with Crippen LogP contribution in [0.1, 0.15) is 19.3 Å². The summed E-state index contributed by atoms with van der Waals surface area (Å²) >= 11 is 23.2. The van der Waals surface area contributed by atoms with Crippen molar-refractivity contribution in [1.82, 2.24) is 0 Å². The maximum Gasteiger partial charge on any atom is 0.425 e. The van der Waals surface area contributed by atoms with E-state index in [1.54, 1.807) is 12.1 Å². The third kappa shape index (κ3) is 11.4. The molecule has 0 unspecified atom stereocenters. The number of rotatable bonds is 11. The van der Waals surface area contributed by atoms with Gasteiger partial charge in [0.25, 0.3) is 0 Å². The van der Waals surface area contributed by atoms with Gasteiger partial charge < -0.3 is 14.3 Å². The zero-order chi connectivity index (χ0) is 20.3. The molecule has 152 valence electrons. The molecule has 0 bridgehead atoms. The Bertz CT molecular complexity index is 627. The zero-order valence-corrected chi connectivity index (χ0v) is 16.9. The molecule has 0 atom stereocenters. The molecule has 0 aliphatic heterocycles. The van der Waals surface area contributed by atoms with Gasteiger partial charge in [0.2, 0.25) is 6.61 Å². The second kappa shape index (κ2) is 12.4. The van der Waals surface area contributed by atoms with E-state index in [-0.39, 0.29) is 21.1 Å². The van der Waals surface area contributed by atoms with E-state index in [0.717, 1.165) is 0 Å². The summed E-state index contributed by atoms with van der Waals surface area (Å²) in [6.07, 6.45) is 0.0620. The molecule has 0 heterocycles. The van der Waals surface area contributed by atoms with E-state index in [1.807, 2.05) is 0 Å². The Kier molecular flexibility index (Phi) is 11.1. The Morgan fingerprint density at radius 1 is 1.07 bits per heavy atom. The molecule has 0 aromatic heterocycles. The first kappa shape index (κ1) is 24.0. The summed E-state index contributed by atoms with van der Waals surface area (Å²) in [6, 6.07) is 3.09. The topological polar surface area (TPSA) is 40.0 Å². The van der Waals surface area contributed by atoms with Crippen molar-refractivity contribution in [3.05, 3.63) is 32.7 Å². The van der Waals surface area contributed by atoms with Gasteiger partial charge in [0.15, 0.2) is 5.75 Å². The van der Waals surface area contributed by atoms with Crippen LogP contribution in [-0.2, 0) is 4.84 Å². The van der Waals surface area contributed by atoms with Gasteiger partial charge in [-0.3, -0.25) is 0 Å². The highest BCUT2D eigenvalue weighted by atomic mass is 35.5. The van der Waals surface area contributed by atoms with Crippen LogP contribution in [0.3, 0.4) is 0 Å². The van der Waals surface area contributed by atoms with Crippen molar-refractivity contribution in [2.75, 3.05) is 19.8 Å². The molecule has 0 N–H and O–H groups in total. The van der Waals surface area contributed by atoms with Crippen LogP contribution in [0.5, 0.6) is 11.5 Å². The van der Waals surface area contributed by atoms with Gasteiger partial charge in [0, 0.05) is 18.3 Å². The number of alkyl halides is 3. The fourth-order valence-corrected chi connectivity index (χ4v) is 2.39. The van der Waals surface area contributed by atoms with E-state index in [2.05, 4.69) is 9.99 Å². The van der Waals surface area contributed by atoms with Gasteiger partial charge >= 0.3 is 6.18 Å². The average Bonchev–Trinajstić information content (AvgIpc) is 2.54. The lowest BCUT2D eigenvalue weighted by molar-refractivity contribution is -0.173. The van der Waals surface area contributed by atoms with Gasteiger partial charge in [-0.2, -0.15) is 13.2 Å². The number of nitrogens with zero attached hydrogens (tertiary/aromatic N) is 1. The Balaban J connectivity index is 2.32. The van der Waals surface area contributed by atoms with Crippen molar-refractivity contribution in [3.8, 4) is 11.5 Å². The van der Waals surface area contributed by atoms with Crippen molar-refractivity contribution in [2.45, 2.75) is 25.4 Å². The summed E-state index contributed by atoms with van der Waals surface area (Å²) in [6.45, 7) is -0.927. The van der Waals surface area contributed by atoms with Crippen LogP contribution in [0.4, 0.5) is 13.2 Å². The highest BCUT2D eigenvalue weighted by Gasteiger charge is 2.28. The number of unbranched alkanes of at least 4 members (excludes halogenated alkanes) is 2. The summed E-state index contributed by atoms with van der Waals surface area (Å²) in [5, 5.41) is 3.78. The lowest BCUT2D eigenvalue weighted by atomic mass is 10.2. The third-order valence-electron chi connectivity index (χ3n) is 2.81. The second-order valence-corrected chi connectivity index (χ2v) is 6.86. The van der Waals surface area contributed by atoms with Crippen molar-refractivity contribution in [2.24, 2.45) is 5.16 Å². The molecular weight excluding hydrogens is 453 g/mol. The quantitative estimate of drug-likeness (QED) is 0.203. The van der Waals surface area contributed by atoms with Crippen molar-refractivity contribution in [3.63, 3.8) is 0 Å². The molecule has 11 heteroatoms. The first-order valence-corrected chi connectivity index (χ1v) is 9.16. The largest absolute Gasteiger partial charge is 0.490 e. The highest BCUT2D eigenvalue weighted by molar-refractivity contribution is 6.55. The minimum atomic E-state index is -4.39. The molecule has 27 heavy (non-hydrogen) atoms. The van der Waals surface area contributed by atoms with Gasteiger partial charge in [-0.05, 0) is 25.3 Å². The molecule has 0 radical (unpaired) electrons. The lowest BCUT2D eigenvalue weighted by Crippen LogP contribution is -2.14. The van der Waals surface area contributed by atoms with Crippen LogP contribution in [0.25, 0.3) is 0 Å². The minimum Gasteiger partial charge on any atom is -0.490 e. The van der Waals surface area contributed by atoms with E-state index in [4.69, 9.17) is 55.9 Å². The van der Waals surface area contributed by atoms with Crippen molar-refractivity contribution < 1.29 is 27.5 Å². The van der Waals surface area contributed by atoms with Gasteiger partial charge in [0.05, 0.1) is 16.7 Å². The van der Waals surface area contributed by atoms with Crippen molar-refractivity contribution >= 4 is 52.6 Å². The summed E-state index contributed by atoms with van der Waals surface area (Å²) < 4.78 is 46.5. The third-order valence-corrected chi connectivity index (χ3v) is 3.68. The Labute approximate surface area is 174 Å². The normalized spacial score (nSPS) is 11.5. The SMILES string of the molecule is FC(F)(F)CON=CCCCCOc1c(Cl)cc(OCC=C(Cl)Cl)cc1Cl. The monoisotopic (exact) mass is 467 g/mol. The van der Waals surface area contributed by atoms with E-state index in [1.165, 1.54) is 12.3 Å². The van der Waals surface area contributed by atoms with Crippen LogP contribution in [0, 0.1) is 0 Å². The molecule has 0 aliphatic rings. The zero-order valence-electron chi connectivity index (χ0n) is 13.9. The van der Waals surface area contributed by atoms with Crippen LogP contribution < -0.4 is 9.47 Å². The summed E-state index contributed by atoms with van der Waals surface area (Å²) in [5.74, 6) is 0.747. The number of oxime groups is 1. The predicted molar refractivity (Wildman–Crippen MR) is 102 cm³/mol. The number of benzene rings is 1. The van der Waals surface area contributed by atoms with E-state index in [0.29, 0.717) is 37.4 Å². The molecule has 0 aliphatic carbocycles. The first-order chi connectivity index (χ1) is 12.7. The molecule has 4 nitrogen and oxygen atoms in total. The maximum absolute atomic E-state index is 11.8. The van der Waals surface area contributed by atoms with Crippen LogP contribution in [0.2, 0.25) is 10.0 Å². The van der Waals surface area contributed by atoms with Crippen LogP contribution in [-0.4, -0.2) is 32.2 Å². The first-order valence-electron chi connectivity index (χ1n) is 7.65. The van der Waals surface area contributed by atoms with Gasteiger partial charge in [-0.25, -0.2) is 0 Å². The number of hydrogen-bond acceptors (Lipinski definition) is 4. The number of halogens is 7.